The van der Waals surface area contributed by atoms with Crippen molar-refractivity contribution in [1.82, 2.24) is 14.8 Å². The largest absolute Gasteiger partial charge is 0.311 e. The van der Waals surface area contributed by atoms with Crippen LogP contribution in [-0.2, 0) is 11.2 Å². The van der Waals surface area contributed by atoms with Gasteiger partial charge in [-0.3, -0.25) is 4.79 Å². The van der Waals surface area contributed by atoms with Gasteiger partial charge in [0.15, 0.2) is 0 Å². The summed E-state index contributed by atoms with van der Waals surface area (Å²) < 4.78 is 31.6. The molecule has 2 aromatic rings. The number of hydrogen-bond acceptors (Lipinski definition) is 3. The Morgan fingerprint density at radius 2 is 1.80 bits per heavy atom. The summed E-state index contributed by atoms with van der Waals surface area (Å²) in [5.41, 5.74) is 3.11. The second kappa shape index (κ2) is 9.91. The highest BCUT2D eigenvalue weighted by atomic mass is 35.5. The molecule has 0 spiro atoms. The number of ketones is 1. The first kappa shape index (κ1) is 26.2. The van der Waals surface area contributed by atoms with Crippen LogP contribution in [0, 0.1) is 31.6 Å². The first-order chi connectivity index (χ1) is 16.1. The van der Waals surface area contributed by atoms with Gasteiger partial charge in [-0.25, -0.2) is 8.78 Å². The molecule has 1 heterocycles. The number of aromatic nitrogens is 3. The van der Waals surface area contributed by atoms with Gasteiger partial charge in [0.2, 0.25) is 5.92 Å². The molecule has 0 N–H and O–H groups in total. The predicted molar refractivity (Wildman–Crippen MR) is 136 cm³/mol. The average molecular weight is 506 g/mol. The van der Waals surface area contributed by atoms with Crippen LogP contribution in [0.15, 0.2) is 18.2 Å². The van der Waals surface area contributed by atoms with Crippen molar-refractivity contribution < 1.29 is 13.6 Å². The van der Waals surface area contributed by atoms with Gasteiger partial charge >= 0.3 is 0 Å². The van der Waals surface area contributed by atoms with E-state index in [1.807, 2.05) is 32.0 Å². The van der Waals surface area contributed by atoms with Gasteiger partial charge in [-0.15, -0.1) is 22.6 Å². The number of carbonyl (C=O) groups is 1. The fourth-order valence-corrected chi connectivity index (χ4v) is 6.34. The van der Waals surface area contributed by atoms with Crippen molar-refractivity contribution in [1.29, 1.82) is 0 Å². The lowest BCUT2D eigenvalue weighted by Gasteiger charge is -2.36. The van der Waals surface area contributed by atoms with Crippen LogP contribution >= 0.6 is 12.4 Å². The van der Waals surface area contributed by atoms with E-state index in [0.29, 0.717) is 23.7 Å². The minimum Gasteiger partial charge on any atom is -0.311 e. The minimum absolute atomic E-state index is 0. The Bertz CT molecular complexity index is 1070. The zero-order valence-corrected chi connectivity index (χ0v) is 22.1. The van der Waals surface area contributed by atoms with Gasteiger partial charge in [0.05, 0.1) is 0 Å². The van der Waals surface area contributed by atoms with E-state index in [1.54, 1.807) is 0 Å². The Morgan fingerprint density at radius 3 is 2.43 bits per heavy atom. The highest BCUT2D eigenvalue weighted by Crippen LogP contribution is 2.52. The maximum atomic E-state index is 14.7. The van der Waals surface area contributed by atoms with Gasteiger partial charge in [-0.05, 0) is 68.9 Å². The van der Waals surface area contributed by atoms with E-state index < -0.39 is 17.8 Å². The molecule has 0 radical (unpaired) electrons. The van der Waals surface area contributed by atoms with Crippen molar-refractivity contribution in [3.8, 4) is 0 Å². The fourth-order valence-electron chi connectivity index (χ4n) is 6.34. The predicted octanol–water partition coefficient (Wildman–Crippen LogP) is 7.13. The Morgan fingerprint density at radius 1 is 1.11 bits per heavy atom. The lowest BCUT2D eigenvalue weighted by molar-refractivity contribution is -0.123. The lowest BCUT2D eigenvalue weighted by atomic mass is 9.71. The van der Waals surface area contributed by atoms with Gasteiger partial charge < -0.3 is 4.57 Å². The van der Waals surface area contributed by atoms with Crippen molar-refractivity contribution in [2.45, 2.75) is 103 Å². The molecular formula is C28H38ClF2N3O. The van der Waals surface area contributed by atoms with Crippen LogP contribution < -0.4 is 0 Å². The zero-order valence-electron chi connectivity index (χ0n) is 21.3. The van der Waals surface area contributed by atoms with E-state index in [4.69, 9.17) is 0 Å². The molecule has 3 aliphatic rings. The number of benzene rings is 1. The molecule has 5 rings (SSSR count). The van der Waals surface area contributed by atoms with Crippen molar-refractivity contribution in [2.24, 2.45) is 17.8 Å². The van der Waals surface area contributed by atoms with Crippen molar-refractivity contribution >= 4 is 18.2 Å². The first-order valence-corrected chi connectivity index (χ1v) is 13.0. The summed E-state index contributed by atoms with van der Waals surface area (Å²) in [6.07, 6.45) is 5.06. The lowest BCUT2D eigenvalue weighted by Crippen LogP contribution is -2.27. The third kappa shape index (κ3) is 5.47. The van der Waals surface area contributed by atoms with E-state index in [2.05, 4.69) is 28.6 Å². The molecule has 3 saturated carbocycles. The maximum absolute atomic E-state index is 14.7. The molecule has 0 amide bonds. The summed E-state index contributed by atoms with van der Waals surface area (Å²) in [6, 6.07) is 6.30. The number of alkyl halides is 2. The van der Waals surface area contributed by atoms with E-state index in [9.17, 15) is 13.6 Å². The highest BCUT2D eigenvalue weighted by molar-refractivity contribution is 5.85. The third-order valence-electron chi connectivity index (χ3n) is 8.20. The van der Waals surface area contributed by atoms with Gasteiger partial charge in [-0.1, -0.05) is 37.6 Å². The van der Waals surface area contributed by atoms with E-state index in [0.717, 1.165) is 54.1 Å². The zero-order chi connectivity index (χ0) is 24.2. The topological polar surface area (TPSA) is 47.8 Å². The molecule has 1 aromatic carbocycles. The molecule has 3 aliphatic carbocycles. The summed E-state index contributed by atoms with van der Waals surface area (Å²) >= 11 is 0. The molecule has 0 unspecified atom stereocenters. The van der Waals surface area contributed by atoms with Crippen LogP contribution in [0.25, 0.3) is 0 Å². The van der Waals surface area contributed by atoms with Crippen LogP contribution in [0.4, 0.5) is 8.78 Å². The third-order valence-corrected chi connectivity index (χ3v) is 8.20. The number of Topliss-reactive ketones (excluding diaryl/α,β-unsaturated/α-hetero) is 1. The molecule has 4 nitrogen and oxygen atoms in total. The van der Waals surface area contributed by atoms with Crippen molar-refractivity contribution in [3.05, 3.63) is 46.5 Å². The maximum Gasteiger partial charge on any atom is 0.249 e. The molecule has 1 aromatic heterocycles. The number of halogens is 3. The molecule has 35 heavy (non-hydrogen) atoms. The van der Waals surface area contributed by atoms with Crippen LogP contribution in [0.2, 0.25) is 0 Å². The Kier molecular flexibility index (Phi) is 7.43. The molecule has 192 valence electrons. The van der Waals surface area contributed by atoms with Crippen LogP contribution in [-0.4, -0.2) is 26.5 Å². The Balaban J connectivity index is 0.00000289. The SMILES string of the molecule is Cc1ccc(CC(=O)[C@@H]2CC(F)(F)C[C@H]2c2nnc(C3CC(CC(C)C)C3)n2C2CC2)c(C)c1.Cl. The van der Waals surface area contributed by atoms with Gasteiger partial charge in [0.25, 0.3) is 0 Å². The van der Waals surface area contributed by atoms with Crippen LogP contribution in [0.5, 0.6) is 0 Å². The quantitative estimate of drug-likeness (QED) is 0.383. The standard InChI is InChI=1S/C28H37F2N3O.ClH/c1-16(2)9-19-11-21(12-19)26-31-32-27(33(26)22-7-8-22)24-15-28(29,30)14-23(24)25(34)13-20-6-5-17(3)10-18(20)4;/h5-6,10,16,19,21-24H,7-9,11-15H2,1-4H3;1H/t19?,21?,23-,24-;/m1./s1. The summed E-state index contributed by atoms with van der Waals surface area (Å²) in [5.74, 6) is -0.796. The monoisotopic (exact) mass is 505 g/mol. The fraction of sp³-hybridized carbons (Fsp3) is 0.679. The summed E-state index contributed by atoms with van der Waals surface area (Å²) in [5, 5.41) is 9.07. The second-order valence-electron chi connectivity index (χ2n) is 11.7. The van der Waals surface area contributed by atoms with Gasteiger partial charge in [0, 0.05) is 43.1 Å². The Labute approximate surface area is 213 Å². The molecule has 0 aliphatic heterocycles. The van der Waals surface area contributed by atoms with Gasteiger partial charge in [0.1, 0.15) is 17.4 Å². The number of rotatable bonds is 8. The van der Waals surface area contributed by atoms with Crippen molar-refractivity contribution in [2.75, 3.05) is 0 Å². The van der Waals surface area contributed by atoms with E-state index in [1.165, 1.54) is 6.42 Å². The number of carbonyl (C=O) groups excluding carboxylic acids is 1. The van der Waals surface area contributed by atoms with E-state index >= 15 is 0 Å². The summed E-state index contributed by atoms with van der Waals surface area (Å²) in [4.78, 5) is 13.4. The van der Waals surface area contributed by atoms with Crippen LogP contribution in [0.1, 0.15) is 105 Å². The first-order valence-electron chi connectivity index (χ1n) is 13.0. The molecular weight excluding hydrogens is 468 g/mol. The van der Waals surface area contributed by atoms with E-state index in [-0.39, 0.29) is 37.5 Å². The summed E-state index contributed by atoms with van der Waals surface area (Å²) in [6.45, 7) is 8.51. The van der Waals surface area contributed by atoms with Crippen LogP contribution in [0.3, 0.4) is 0 Å². The summed E-state index contributed by atoms with van der Waals surface area (Å²) in [7, 11) is 0. The number of hydrogen-bond donors (Lipinski definition) is 0. The molecule has 0 saturated heterocycles. The molecule has 7 heteroatoms. The van der Waals surface area contributed by atoms with Crippen molar-refractivity contribution in [3.63, 3.8) is 0 Å². The average Bonchev–Trinajstić information content (AvgIpc) is 3.38. The number of aryl methyl sites for hydroxylation is 2. The normalized spacial score (nSPS) is 27.5. The Hall–Kier alpha value is -1.82. The van der Waals surface area contributed by atoms with Gasteiger partial charge in [-0.2, -0.15) is 0 Å². The second-order valence-corrected chi connectivity index (χ2v) is 11.7. The molecule has 3 fully saturated rings. The number of nitrogens with zero attached hydrogens (tertiary/aromatic N) is 3. The smallest absolute Gasteiger partial charge is 0.249 e. The molecule has 2 atom stereocenters. The minimum atomic E-state index is -2.84. The highest BCUT2D eigenvalue weighted by Gasteiger charge is 2.52. The molecule has 0 bridgehead atoms.